The minimum Gasteiger partial charge on any atom is -0.481 e. The number of pyridine rings is 1. The van der Waals surface area contributed by atoms with Crippen molar-refractivity contribution in [3.05, 3.63) is 34.7 Å². The van der Waals surface area contributed by atoms with Gasteiger partial charge in [-0.05, 0) is 12.5 Å². The normalized spacial score (nSPS) is 11.8. The lowest BCUT2D eigenvalue weighted by Gasteiger charge is -2.08. The zero-order valence-electron chi connectivity index (χ0n) is 10.8. The summed E-state index contributed by atoms with van der Waals surface area (Å²) in [7, 11) is 0. The molecular weight excluding hydrogens is 248 g/mol. The Morgan fingerprint density at radius 2 is 2.16 bits per heavy atom. The second-order valence-corrected chi connectivity index (χ2v) is 4.36. The average Bonchev–Trinajstić information content (AvgIpc) is 2.37. The third-order valence-electron chi connectivity index (χ3n) is 2.80. The van der Waals surface area contributed by atoms with E-state index in [9.17, 15) is 14.4 Å². The molecule has 0 saturated heterocycles. The third kappa shape index (κ3) is 5.37. The first-order chi connectivity index (χ1) is 9.00. The first kappa shape index (κ1) is 14.9. The molecule has 0 aromatic carbocycles. The minimum absolute atomic E-state index is 0.144. The van der Waals surface area contributed by atoms with Crippen molar-refractivity contribution in [1.82, 2.24) is 9.88 Å². The van der Waals surface area contributed by atoms with E-state index >= 15 is 0 Å². The van der Waals surface area contributed by atoms with Crippen molar-refractivity contribution in [2.75, 3.05) is 6.54 Å². The predicted molar refractivity (Wildman–Crippen MR) is 69.7 cm³/mol. The summed E-state index contributed by atoms with van der Waals surface area (Å²) in [6.07, 6.45) is 2.22. The van der Waals surface area contributed by atoms with Crippen LogP contribution in [0.2, 0.25) is 0 Å². The lowest BCUT2D eigenvalue weighted by molar-refractivity contribution is -0.141. The van der Waals surface area contributed by atoms with E-state index in [2.05, 4.69) is 5.32 Å². The first-order valence-electron chi connectivity index (χ1n) is 6.15. The summed E-state index contributed by atoms with van der Waals surface area (Å²) in [5, 5.41) is 11.3. The maximum atomic E-state index is 11.5. The number of nitrogens with zero attached hydrogens (tertiary/aromatic N) is 1. The van der Waals surface area contributed by atoms with E-state index < -0.39 is 11.9 Å². The highest BCUT2D eigenvalue weighted by Crippen LogP contribution is 1.99. The molecule has 1 aromatic rings. The van der Waals surface area contributed by atoms with Gasteiger partial charge in [0.2, 0.25) is 5.91 Å². The van der Waals surface area contributed by atoms with Crippen LogP contribution in [0.5, 0.6) is 0 Å². The Morgan fingerprint density at radius 3 is 2.79 bits per heavy atom. The fraction of sp³-hybridized carbons (Fsp3) is 0.462. The molecule has 0 aliphatic carbocycles. The molecule has 19 heavy (non-hydrogen) atoms. The first-order valence-corrected chi connectivity index (χ1v) is 6.15. The summed E-state index contributed by atoms with van der Waals surface area (Å²) in [6, 6.07) is 4.81. The molecule has 1 atom stereocenters. The molecule has 1 rings (SSSR count). The van der Waals surface area contributed by atoms with Crippen LogP contribution in [0.3, 0.4) is 0 Å². The zero-order chi connectivity index (χ0) is 14.3. The molecule has 0 bridgehead atoms. The van der Waals surface area contributed by atoms with Crippen LogP contribution in [-0.2, 0) is 16.1 Å². The van der Waals surface area contributed by atoms with Crippen molar-refractivity contribution >= 4 is 11.9 Å². The number of carboxylic acids is 1. The van der Waals surface area contributed by atoms with Crippen molar-refractivity contribution in [1.29, 1.82) is 0 Å². The number of rotatable bonds is 7. The Hall–Kier alpha value is -2.11. The fourth-order valence-corrected chi connectivity index (χ4v) is 1.51. The highest BCUT2D eigenvalue weighted by atomic mass is 16.4. The number of nitrogens with one attached hydrogen (secondary N) is 1. The maximum absolute atomic E-state index is 11.5. The molecule has 0 radical (unpaired) electrons. The molecule has 6 nitrogen and oxygen atoms in total. The fourth-order valence-electron chi connectivity index (χ4n) is 1.51. The van der Waals surface area contributed by atoms with Crippen molar-refractivity contribution < 1.29 is 14.7 Å². The molecule has 1 heterocycles. The Kier molecular flexibility index (Phi) is 5.78. The van der Waals surface area contributed by atoms with Gasteiger partial charge in [-0.2, -0.15) is 0 Å². The van der Waals surface area contributed by atoms with Crippen LogP contribution in [0.1, 0.15) is 19.8 Å². The standard InChI is InChI=1S/C13H18N2O4/c1-10(13(18)19)5-7-14-11(16)6-9-15-8-3-2-4-12(15)17/h2-4,8,10H,5-7,9H2,1H3,(H,14,16)(H,18,19). The molecule has 0 saturated carbocycles. The molecule has 2 N–H and O–H groups in total. The highest BCUT2D eigenvalue weighted by molar-refractivity contribution is 5.75. The van der Waals surface area contributed by atoms with E-state index in [1.807, 2.05) is 0 Å². The second kappa shape index (κ2) is 7.35. The Morgan fingerprint density at radius 1 is 1.42 bits per heavy atom. The van der Waals surface area contributed by atoms with E-state index in [4.69, 9.17) is 5.11 Å². The number of hydrogen-bond acceptors (Lipinski definition) is 3. The van der Waals surface area contributed by atoms with Gasteiger partial charge in [-0.3, -0.25) is 14.4 Å². The van der Waals surface area contributed by atoms with Gasteiger partial charge in [-0.1, -0.05) is 13.0 Å². The molecule has 0 aliphatic heterocycles. The number of aryl methyl sites for hydroxylation is 1. The lowest BCUT2D eigenvalue weighted by atomic mass is 10.1. The van der Waals surface area contributed by atoms with Crippen molar-refractivity contribution in [3.8, 4) is 0 Å². The topological polar surface area (TPSA) is 88.4 Å². The minimum atomic E-state index is -0.870. The molecule has 1 amide bonds. The molecule has 0 fully saturated rings. The van der Waals surface area contributed by atoms with E-state index in [1.54, 1.807) is 25.3 Å². The van der Waals surface area contributed by atoms with Crippen LogP contribution in [0.4, 0.5) is 0 Å². The number of amides is 1. The third-order valence-corrected chi connectivity index (χ3v) is 2.80. The molecule has 1 unspecified atom stereocenters. The van der Waals surface area contributed by atoms with Gasteiger partial charge in [0, 0.05) is 31.8 Å². The summed E-state index contributed by atoms with van der Waals surface area (Å²) in [5.74, 6) is -1.53. The van der Waals surface area contributed by atoms with Gasteiger partial charge >= 0.3 is 5.97 Å². The number of carbonyl (C=O) groups is 2. The lowest BCUT2D eigenvalue weighted by Crippen LogP contribution is -2.29. The molecule has 1 aromatic heterocycles. The molecule has 0 spiro atoms. The molecule has 104 valence electrons. The van der Waals surface area contributed by atoms with Crippen LogP contribution in [0, 0.1) is 5.92 Å². The number of carboxylic acid groups (broad SMARTS) is 1. The van der Waals surface area contributed by atoms with E-state index in [-0.39, 0.29) is 17.9 Å². The Bertz CT molecular complexity index is 495. The summed E-state index contributed by atoms with van der Waals surface area (Å²) in [5.41, 5.74) is -0.144. The summed E-state index contributed by atoms with van der Waals surface area (Å²) >= 11 is 0. The largest absolute Gasteiger partial charge is 0.481 e. The SMILES string of the molecule is CC(CCNC(=O)CCn1ccccc1=O)C(=O)O. The van der Waals surface area contributed by atoms with Gasteiger partial charge in [-0.25, -0.2) is 0 Å². The monoisotopic (exact) mass is 266 g/mol. The van der Waals surface area contributed by atoms with Gasteiger partial charge < -0.3 is 15.0 Å². The Labute approximate surface area is 111 Å². The van der Waals surface area contributed by atoms with E-state index in [1.165, 1.54) is 10.6 Å². The number of hydrogen-bond donors (Lipinski definition) is 2. The zero-order valence-corrected chi connectivity index (χ0v) is 10.8. The average molecular weight is 266 g/mol. The van der Waals surface area contributed by atoms with Gasteiger partial charge in [0.05, 0.1) is 5.92 Å². The second-order valence-electron chi connectivity index (χ2n) is 4.36. The van der Waals surface area contributed by atoms with Gasteiger partial charge in [0.15, 0.2) is 0 Å². The van der Waals surface area contributed by atoms with Gasteiger partial charge in [0.1, 0.15) is 0 Å². The van der Waals surface area contributed by atoms with Crippen LogP contribution >= 0.6 is 0 Å². The summed E-state index contributed by atoms with van der Waals surface area (Å²) < 4.78 is 1.46. The van der Waals surface area contributed by atoms with Crippen molar-refractivity contribution in [2.45, 2.75) is 26.3 Å². The highest BCUT2D eigenvalue weighted by Gasteiger charge is 2.10. The van der Waals surface area contributed by atoms with Gasteiger partial charge in [-0.15, -0.1) is 0 Å². The quantitative estimate of drug-likeness (QED) is 0.750. The van der Waals surface area contributed by atoms with Crippen LogP contribution in [0.25, 0.3) is 0 Å². The summed E-state index contributed by atoms with van der Waals surface area (Å²) in [6.45, 7) is 2.24. The van der Waals surface area contributed by atoms with E-state index in [0.717, 1.165) is 0 Å². The number of carbonyl (C=O) groups excluding carboxylic acids is 1. The van der Waals surface area contributed by atoms with Crippen molar-refractivity contribution in [2.24, 2.45) is 5.92 Å². The van der Waals surface area contributed by atoms with Crippen LogP contribution in [0.15, 0.2) is 29.2 Å². The van der Waals surface area contributed by atoms with Crippen LogP contribution in [-0.4, -0.2) is 28.1 Å². The Balaban J connectivity index is 2.27. The number of aliphatic carboxylic acids is 1. The smallest absolute Gasteiger partial charge is 0.306 e. The van der Waals surface area contributed by atoms with Gasteiger partial charge in [0.25, 0.3) is 5.56 Å². The van der Waals surface area contributed by atoms with Crippen molar-refractivity contribution in [3.63, 3.8) is 0 Å². The van der Waals surface area contributed by atoms with E-state index in [0.29, 0.717) is 19.5 Å². The van der Waals surface area contributed by atoms with Crippen LogP contribution < -0.4 is 10.9 Å². The maximum Gasteiger partial charge on any atom is 0.306 e. The summed E-state index contributed by atoms with van der Waals surface area (Å²) in [4.78, 5) is 33.5. The number of aromatic nitrogens is 1. The predicted octanol–water partition coefficient (Wildman–Crippen LogP) is 0.465. The molecule has 0 aliphatic rings. The molecule has 6 heteroatoms. The molecular formula is C13H18N2O4.